The summed E-state index contributed by atoms with van der Waals surface area (Å²) in [5, 5.41) is 0. The molecule has 0 bridgehead atoms. The Balaban J connectivity index is -0.0000000492. The van der Waals surface area contributed by atoms with Crippen LogP contribution in [-0.2, 0) is 12.5 Å². The molecule has 0 aliphatic carbocycles. The fourth-order valence-corrected chi connectivity index (χ4v) is 0. The van der Waals surface area contributed by atoms with Crippen LogP contribution < -0.4 is 0 Å². The van der Waals surface area contributed by atoms with Gasteiger partial charge in [-0.15, -0.1) is 0 Å². The Kier molecular flexibility index (Phi) is 41.0. The van der Waals surface area contributed by atoms with E-state index in [0.717, 1.165) is 0 Å². The zero-order valence-corrected chi connectivity index (χ0v) is 9.68. The van der Waals surface area contributed by atoms with E-state index in [9.17, 15) is 0 Å². The molecule has 0 rings (SSSR count). The maximum atomic E-state index is 7.83. The summed E-state index contributed by atoms with van der Waals surface area (Å²) in [5.74, 6) is 0. The molecular formula is H9O10P3S. The fraction of sp³-hybridized carbons (Fsp3) is 0. The molecule has 14 heavy (non-hydrogen) atoms. The van der Waals surface area contributed by atoms with Gasteiger partial charge in [-0.25, -0.2) is 0 Å². The Morgan fingerprint density at radius 2 is 0.500 bits per heavy atom. The molecule has 9 N–H and O–H groups in total. The van der Waals surface area contributed by atoms with Crippen LogP contribution in [-0.4, -0.2) is 48.2 Å². The van der Waals surface area contributed by atoms with Crippen molar-refractivity contribution in [1.82, 2.24) is 0 Å². The minimum atomic E-state index is -2.62. The number of rotatable bonds is 0. The first-order valence-electron chi connectivity index (χ1n) is 1.97. The first-order chi connectivity index (χ1) is 6.20. The number of hydrogen-bond acceptors (Lipinski definition) is 11. The van der Waals surface area contributed by atoms with Crippen molar-refractivity contribution in [1.29, 1.82) is 0 Å². The third-order valence-corrected chi connectivity index (χ3v) is 0. The predicted octanol–water partition coefficient (Wildman–Crippen LogP) is -2.77. The molecule has 0 saturated carbocycles. The predicted molar refractivity (Wildman–Crippen MR) is 48.9 cm³/mol. The van der Waals surface area contributed by atoms with Gasteiger partial charge in [0.15, 0.2) is 12.5 Å². The normalized spacial score (nSPS) is 8.00. The van der Waals surface area contributed by atoms with Gasteiger partial charge in [0.1, 0.15) is 0 Å². The van der Waals surface area contributed by atoms with E-state index in [1.807, 2.05) is 0 Å². The Bertz CT molecular complexity index is 53.2. The van der Waals surface area contributed by atoms with Crippen molar-refractivity contribution in [3.05, 3.63) is 0 Å². The topological polar surface area (TPSA) is 199 Å². The highest BCUT2D eigenvalue weighted by atomic mass is 32.1. The molecule has 0 heterocycles. The van der Waals surface area contributed by atoms with Crippen molar-refractivity contribution >= 4 is 38.3 Å². The van der Waals surface area contributed by atoms with E-state index in [0.29, 0.717) is 0 Å². The van der Waals surface area contributed by atoms with Gasteiger partial charge in [0.25, 0.3) is 0 Å². The molecule has 0 fully saturated rings. The molecule has 0 atom stereocenters. The van der Waals surface area contributed by atoms with Gasteiger partial charge in [0.05, 0.1) is 0 Å². The molecule has 0 unspecified atom stereocenters. The van der Waals surface area contributed by atoms with Gasteiger partial charge in [0, 0.05) is 0 Å². The van der Waals surface area contributed by atoms with E-state index >= 15 is 0 Å². The summed E-state index contributed by atoms with van der Waals surface area (Å²) < 4.78 is 7.83. The molecule has 0 spiro atoms. The van der Waals surface area contributed by atoms with Crippen LogP contribution in [0.25, 0.3) is 0 Å². The Morgan fingerprint density at radius 3 is 0.500 bits per heavy atom. The molecule has 10 nitrogen and oxygen atoms in total. The van der Waals surface area contributed by atoms with E-state index in [-0.39, 0.29) is 0 Å². The SMILES string of the molecule is O=S.OP(O)O.OP(O)O.OP(O)O. The quantitative estimate of drug-likeness (QED) is 0.209. The van der Waals surface area contributed by atoms with E-state index in [1.54, 1.807) is 0 Å². The van der Waals surface area contributed by atoms with Crippen molar-refractivity contribution in [2.45, 2.75) is 0 Å². The second-order valence-corrected chi connectivity index (χ2v) is 2.41. The summed E-state index contributed by atoms with van der Waals surface area (Å²) in [7, 11) is -7.86. The number of hydrogen-bond donors (Lipinski definition) is 9. The highest BCUT2D eigenvalue weighted by molar-refractivity contribution is 7.44. The molecule has 0 aliphatic rings. The smallest absolute Gasteiger partial charge is 0.324 e. The third-order valence-electron chi connectivity index (χ3n) is 0. The second kappa shape index (κ2) is 23.6. The van der Waals surface area contributed by atoms with Crippen LogP contribution in [0.3, 0.4) is 0 Å². The van der Waals surface area contributed by atoms with Crippen LogP contribution in [0, 0.1) is 0 Å². The van der Waals surface area contributed by atoms with Gasteiger partial charge in [-0.2, -0.15) is 4.21 Å². The van der Waals surface area contributed by atoms with Crippen molar-refractivity contribution in [2.24, 2.45) is 0 Å². The summed E-state index contributed by atoms with van der Waals surface area (Å²) in [5.41, 5.74) is 0. The monoisotopic (exact) mass is 294 g/mol. The fourth-order valence-electron chi connectivity index (χ4n) is 0. The largest absolute Gasteiger partial charge is 0.328 e. The molecule has 0 aromatic rings. The third kappa shape index (κ3) is 2050. The molecule has 0 radical (unpaired) electrons. The van der Waals surface area contributed by atoms with E-state index in [2.05, 4.69) is 12.5 Å². The summed E-state index contributed by atoms with van der Waals surface area (Å²) in [6, 6.07) is 0. The van der Waals surface area contributed by atoms with Gasteiger partial charge in [0.2, 0.25) is 0 Å². The van der Waals surface area contributed by atoms with Crippen LogP contribution in [0.4, 0.5) is 0 Å². The van der Waals surface area contributed by atoms with Crippen molar-refractivity contribution in [2.75, 3.05) is 0 Å². The van der Waals surface area contributed by atoms with Gasteiger partial charge < -0.3 is 44.0 Å². The zero-order chi connectivity index (χ0) is 12.7. The van der Waals surface area contributed by atoms with Crippen LogP contribution in [0.2, 0.25) is 0 Å². The van der Waals surface area contributed by atoms with Crippen molar-refractivity contribution < 1.29 is 48.2 Å². The Hall–Kier alpha value is 0.950. The highest BCUT2D eigenvalue weighted by Crippen LogP contribution is 2.12. The van der Waals surface area contributed by atoms with Crippen LogP contribution in [0.15, 0.2) is 0 Å². The second-order valence-electron chi connectivity index (χ2n) is 0.805. The lowest BCUT2D eigenvalue weighted by molar-refractivity contribution is 0.366. The average molecular weight is 294 g/mol. The summed E-state index contributed by atoms with van der Waals surface area (Å²) in [4.78, 5) is 65.1. The molecule has 0 aliphatic heterocycles. The van der Waals surface area contributed by atoms with Gasteiger partial charge in [-0.3, -0.25) is 0 Å². The molecule has 90 valence electrons. The first kappa shape index (κ1) is 24.3. The first-order valence-corrected chi connectivity index (χ1v) is 5.90. The lowest BCUT2D eigenvalue weighted by Crippen LogP contribution is -1.54. The maximum Gasteiger partial charge on any atom is 0.324 e. The van der Waals surface area contributed by atoms with Gasteiger partial charge >= 0.3 is 25.8 Å². The van der Waals surface area contributed by atoms with E-state index in [4.69, 9.17) is 48.2 Å². The zero-order valence-electron chi connectivity index (χ0n) is 6.18. The minimum absolute atomic E-state index is 2.62. The summed E-state index contributed by atoms with van der Waals surface area (Å²) >= 11 is 2.83. The van der Waals surface area contributed by atoms with Crippen LogP contribution in [0.5, 0.6) is 0 Å². The van der Waals surface area contributed by atoms with E-state index < -0.39 is 25.8 Å². The Morgan fingerprint density at radius 1 is 0.500 bits per heavy atom. The molecule has 0 amide bonds. The van der Waals surface area contributed by atoms with Crippen molar-refractivity contribution in [3.63, 3.8) is 0 Å². The molecule has 0 aromatic heterocycles. The molecule has 0 aromatic carbocycles. The lowest BCUT2D eigenvalue weighted by Gasteiger charge is -1.76. The molecular weight excluding hydrogens is 285 g/mol. The maximum absolute atomic E-state index is 7.83. The van der Waals surface area contributed by atoms with Gasteiger partial charge in [-0.1, -0.05) is 0 Å². The van der Waals surface area contributed by atoms with E-state index in [1.165, 1.54) is 0 Å². The Labute approximate surface area is 87.3 Å². The lowest BCUT2D eigenvalue weighted by atomic mass is 15.8. The van der Waals surface area contributed by atoms with Crippen LogP contribution >= 0.6 is 25.8 Å². The molecule has 0 saturated heterocycles. The molecule has 14 heteroatoms. The van der Waals surface area contributed by atoms with Crippen LogP contribution in [0.1, 0.15) is 0 Å². The van der Waals surface area contributed by atoms with Gasteiger partial charge in [-0.05, 0) is 0 Å². The minimum Gasteiger partial charge on any atom is -0.328 e. The van der Waals surface area contributed by atoms with Crippen molar-refractivity contribution in [3.8, 4) is 0 Å². The standard InChI is InChI=1S/3H3O3P.OS/c3*1-4(2)3;1-2/h3*1-3H;. The highest BCUT2D eigenvalue weighted by Gasteiger charge is 1.77. The summed E-state index contributed by atoms with van der Waals surface area (Å²) in [6.45, 7) is 0. The average Bonchev–Trinajstić information content (AvgIpc) is 1.86. The summed E-state index contributed by atoms with van der Waals surface area (Å²) in [6.07, 6.45) is 0.